The molecule has 1 fully saturated rings. The van der Waals surface area contributed by atoms with Crippen LogP contribution >= 0.6 is 11.6 Å². The molecule has 1 heterocycles. The summed E-state index contributed by atoms with van der Waals surface area (Å²) >= 11 is 5.83. The monoisotopic (exact) mass is 221 g/mol. The second-order valence-electron chi connectivity index (χ2n) is 3.86. The van der Waals surface area contributed by atoms with Gasteiger partial charge in [0, 0.05) is 11.6 Å². The average Bonchev–Trinajstić information content (AvgIpc) is 2.31. The van der Waals surface area contributed by atoms with Gasteiger partial charge >= 0.3 is 0 Å². The van der Waals surface area contributed by atoms with Gasteiger partial charge in [0.05, 0.1) is 12.7 Å². The topological polar surface area (TPSA) is 33.0 Å². The summed E-state index contributed by atoms with van der Waals surface area (Å²) in [6.07, 6.45) is 1.81. The van der Waals surface area contributed by atoms with Gasteiger partial charge in [0.25, 0.3) is 0 Å². The second-order valence-corrected chi connectivity index (χ2v) is 4.29. The Bertz CT molecular complexity index is 374. The molecular weight excluding hydrogens is 210 g/mol. The molecule has 15 heavy (non-hydrogen) atoms. The van der Waals surface area contributed by atoms with Crippen LogP contribution in [0, 0.1) is 11.3 Å². The van der Waals surface area contributed by atoms with Crippen molar-refractivity contribution in [3.63, 3.8) is 0 Å². The van der Waals surface area contributed by atoms with Crippen LogP contribution in [0.1, 0.15) is 18.4 Å². The Morgan fingerprint density at radius 1 is 1.33 bits per heavy atom. The summed E-state index contributed by atoms with van der Waals surface area (Å²) < 4.78 is 5.41. The van der Waals surface area contributed by atoms with E-state index in [2.05, 4.69) is 6.07 Å². The van der Waals surface area contributed by atoms with E-state index in [1.165, 1.54) is 0 Å². The van der Waals surface area contributed by atoms with Gasteiger partial charge in [0.1, 0.15) is 5.41 Å². The molecule has 3 heteroatoms. The molecule has 0 aliphatic carbocycles. The van der Waals surface area contributed by atoms with Crippen LogP contribution in [0.4, 0.5) is 0 Å². The van der Waals surface area contributed by atoms with Gasteiger partial charge in [-0.2, -0.15) is 5.26 Å². The lowest BCUT2D eigenvalue weighted by atomic mass is 9.78. The van der Waals surface area contributed by atoms with Crippen LogP contribution in [-0.4, -0.2) is 13.2 Å². The van der Waals surface area contributed by atoms with Crippen molar-refractivity contribution < 1.29 is 4.74 Å². The Balaban J connectivity index is 2.33. The van der Waals surface area contributed by atoms with Crippen LogP contribution in [0.25, 0.3) is 0 Å². The van der Waals surface area contributed by atoms with Crippen molar-refractivity contribution in [2.24, 2.45) is 0 Å². The molecule has 2 nitrogen and oxygen atoms in total. The van der Waals surface area contributed by atoms with Gasteiger partial charge in [0.2, 0.25) is 0 Å². The van der Waals surface area contributed by atoms with Crippen LogP contribution in [0.3, 0.4) is 0 Å². The highest BCUT2D eigenvalue weighted by Gasteiger charge is 2.34. The number of ether oxygens (including phenoxy) is 1. The lowest BCUT2D eigenvalue weighted by Crippen LogP contribution is -2.34. The summed E-state index contributed by atoms with van der Waals surface area (Å²) in [6.45, 7) is 1.25. The molecule has 1 aromatic carbocycles. The summed E-state index contributed by atoms with van der Waals surface area (Å²) in [4.78, 5) is 0. The van der Waals surface area contributed by atoms with E-state index >= 15 is 0 Å². The number of rotatable bonds is 1. The van der Waals surface area contributed by atoms with Crippen molar-refractivity contribution in [2.45, 2.75) is 18.3 Å². The number of hydrogen-bond donors (Lipinski definition) is 0. The first kappa shape index (κ1) is 10.5. The normalized spacial score (nSPS) is 25.9. The van der Waals surface area contributed by atoms with Crippen molar-refractivity contribution in [1.82, 2.24) is 0 Å². The van der Waals surface area contributed by atoms with Gasteiger partial charge in [-0.05, 0) is 30.5 Å². The number of nitrogens with zero attached hydrogens (tertiary/aromatic N) is 1. The molecule has 1 aromatic rings. The maximum Gasteiger partial charge on any atom is 0.106 e. The van der Waals surface area contributed by atoms with E-state index < -0.39 is 5.41 Å². The van der Waals surface area contributed by atoms with Crippen LogP contribution < -0.4 is 0 Å². The smallest absolute Gasteiger partial charge is 0.106 e. The summed E-state index contributed by atoms with van der Waals surface area (Å²) in [5, 5.41) is 10.00. The van der Waals surface area contributed by atoms with Crippen molar-refractivity contribution in [2.75, 3.05) is 13.2 Å². The zero-order chi connectivity index (χ0) is 10.7. The van der Waals surface area contributed by atoms with Crippen LogP contribution in [0.5, 0.6) is 0 Å². The van der Waals surface area contributed by atoms with Gasteiger partial charge in [-0.25, -0.2) is 0 Å². The molecule has 0 spiro atoms. The zero-order valence-corrected chi connectivity index (χ0v) is 9.13. The lowest BCUT2D eigenvalue weighted by molar-refractivity contribution is 0.0563. The van der Waals surface area contributed by atoms with E-state index in [0.29, 0.717) is 11.6 Å². The third-order valence-corrected chi connectivity index (χ3v) is 3.10. The fraction of sp³-hybridized carbons (Fsp3) is 0.417. The van der Waals surface area contributed by atoms with E-state index in [0.717, 1.165) is 25.0 Å². The minimum absolute atomic E-state index is 0.469. The minimum Gasteiger partial charge on any atom is -0.379 e. The number of benzene rings is 1. The Morgan fingerprint density at radius 2 is 2.07 bits per heavy atom. The van der Waals surface area contributed by atoms with E-state index in [1.807, 2.05) is 24.3 Å². The Kier molecular flexibility index (Phi) is 2.95. The number of halogens is 1. The maximum atomic E-state index is 9.30. The number of nitriles is 1. The van der Waals surface area contributed by atoms with Gasteiger partial charge in [-0.3, -0.25) is 0 Å². The fourth-order valence-corrected chi connectivity index (χ4v) is 2.07. The molecule has 1 saturated heterocycles. The molecule has 0 N–H and O–H groups in total. The Morgan fingerprint density at radius 3 is 2.60 bits per heavy atom. The van der Waals surface area contributed by atoms with E-state index in [1.54, 1.807) is 0 Å². The molecule has 0 aromatic heterocycles. The highest BCUT2D eigenvalue weighted by atomic mass is 35.5. The third kappa shape index (κ3) is 1.99. The molecule has 0 radical (unpaired) electrons. The molecule has 1 atom stereocenters. The van der Waals surface area contributed by atoms with E-state index in [9.17, 15) is 5.26 Å². The first-order valence-corrected chi connectivity index (χ1v) is 5.40. The summed E-state index contributed by atoms with van der Waals surface area (Å²) in [5.74, 6) is 0. The van der Waals surface area contributed by atoms with Gasteiger partial charge in [0.15, 0.2) is 0 Å². The molecule has 2 rings (SSSR count). The van der Waals surface area contributed by atoms with Gasteiger partial charge in [-0.1, -0.05) is 23.7 Å². The van der Waals surface area contributed by atoms with Crippen molar-refractivity contribution >= 4 is 11.6 Å². The molecule has 0 amide bonds. The largest absolute Gasteiger partial charge is 0.379 e. The molecule has 0 bridgehead atoms. The number of hydrogen-bond acceptors (Lipinski definition) is 2. The third-order valence-electron chi connectivity index (χ3n) is 2.85. The highest BCUT2D eigenvalue weighted by molar-refractivity contribution is 6.30. The lowest BCUT2D eigenvalue weighted by Gasteiger charge is -2.30. The van der Waals surface area contributed by atoms with Crippen LogP contribution in [-0.2, 0) is 10.2 Å². The molecule has 78 valence electrons. The fourth-order valence-electron chi connectivity index (χ4n) is 1.94. The summed E-state index contributed by atoms with van der Waals surface area (Å²) in [6, 6.07) is 9.87. The van der Waals surface area contributed by atoms with Gasteiger partial charge in [-0.15, -0.1) is 0 Å². The molecule has 0 saturated carbocycles. The predicted octanol–water partition coefficient (Wildman–Crippen LogP) is 2.91. The highest BCUT2D eigenvalue weighted by Crippen LogP contribution is 2.32. The maximum absolute atomic E-state index is 9.30. The van der Waals surface area contributed by atoms with Gasteiger partial charge < -0.3 is 4.74 Å². The van der Waals surface area contributed by atoms with Crippen LogP contribution in [0.15, 0.2) is 24.3 Å². The average molecular weight is 222 g/mol. The standard InChI is InChI=1S/C12H12ClNO/c13-11-4-2-10(3-5-11)12(8-14)6-1-7-15-9-12/h2-5H,1,6-7,9H2/t12-/m1/s1. The zero-order valence-electron chi connectivity index (χ0n) is 8.37. The summed E-state index contributed by atoms with van der Waals surface area (Å²) in [5.41, 5.74) is 0.539. The molecule has 1 aliphatic rings. The van der Waals surface area contributed by atoms with Crippen LogP contribution in [0.2, 0.25) is 5.02 Å². The first-order valence-electron chi connectivity index (χ1n) is 5.02. The summed E-state index contributed by atoms with van der Waals surface area (Å²) in [7, 11) is 0. The van der Waals surface area contributed by atoms with Crippen molar-refractivity contribution in [3.05, 3.63) is 34.9 Å². The molecule has 0 unspecified atom stereocenters. The Hall–Kier alpha value is -1.04. The SMILES string of the molecule is N#C[C@]1(c2ccc(Cl)cc2)CCCOC1. The van der Waals surface area contributed by atoms with E-state index in [-0.39, 0.29) is 0 Å². The van der Waals surface area contributed by atoms with E-state index in [4.69, 9.17) is 16.3 Å². The van der Waals surface area contributed by atoms with Crippen molar-refractivity contribution in [3.8, 4) is 6.07 Å². The predicted molar refractivity (Wildman–Crippen MR) is 58.8 cm³/mol. The second kappa shape index (κ2) is 4.22. The molecular formula is C12H12ClNO. The minimum atomic E-state index is -0.469. The Labute approximate surface area is 94.4 Å². The molecule has 1 aliphatic heterocycles. The quantitative estimate of drug-likeness (QED) is 0.731. The van der Waals surface area contributed by atoms with Crippen molar-refractivity contribution in [1.29, 1.82) is 5.26 Å². The first-order chi connectivity index (χ1) is 7.27.